The predicted molar refractivity (Wildman–Crippen MR) is 190 cm³/mol. The molecular weight excluding hydrogens is 671 g/mol. The van der Waals surface area contributed by atoms with Crippen molar-refractivity contribution in [1.82, 2.24) is 15.1 Å². The van der Waals surface area contributed by atoms with Gasteiger partial charge in [0.25, 0.3) is 0 Å². The predicted octanol–water partition coefficient (Wildman–Crippen LogP) is 7.25. The Kier molecular flexibility index (Phi) is 11.7. The van der Waals surface area contributed by atoms with Crippen molar-refractivity contribution in [3.63, 3.8) is 0 Å². The summed E-state index contributed by atoms with van der Waals surface area (Å²) >= 11 is 0. The summed E-state index contributed by atoms with van der Waals surface area (Å²) in [6, 6.07) is 32.7. The number of nitrogens with one attached hydrogen (secondary N) is 1. The smallest absolute Gasteiger partial charge is 0.392 e. The van der Waals surface area contributed by atoms with Gasteiger partial charge in [0.1, 0.15) is 6.04 Å². The SMILES string of the molecule is C[C@@H](c1ccccc1)N(C)C[C@H]1C[C@@H](c2ccc(CO)cc2)O[C@@H](c2ccc(-c3cccc(CNC(=O)[C@@H]4CCCN4C(=O)C(F)(F)F)c3)cc2)O1. The number of carbonyl (C=O) groups excluding carboxylic acids is 2. The van der Waals surface area contributed by atoms with E-state index in [1.807, 2.05) is 91.0 Å². The number of carbonyl (C=O) groups is 2. The molecule has 4 aromatic carbocycles. The number of alkyl halides is 3. The summed E-state index contributed by atoms with van der Waals surface area (Å²) in [6.07, 6.45) is -4.77. The van der Waals surface area contributed by atoms with Crippen LogP contribution in [-0.4, -0.2) is 65.2 Å². The molecule has 0 aliphatic carbocycles. The normalized spacial score (nSPS) is 21.2. The molecular formula is C41H44F3N3O5. The van der Waals surface area contributed by atoms with Crippen LogP contribution in [0.3, 0.4) is 0 Å². The Morgan fingerprint density at radius 2 is 1.62 bits per heavy atom. The van der Waals surface area contributed by atoms with Crippen LogP contribution in [0, 0.1) is 0 Å². The zero-order valence-corrected chi connectivity index (χ0v) is 29.3. The van der Waals surface area contributed by atoms with Gasteiger partial charge in [-0.05, 0) is 66.3 Å². The summed E-state index contributed by atoms with van der Waals surface area (Å²) in [7, 11) is 2.10. The Labute approximate surface area is 302 Å². The van der Waals surface area contributed by atoms with E-state index in [1.54, 1.807) is 0 Å². The van der Waals surface area contributed by atoms with Crippen LogP contribution in [0.5, 0.6) is 0 Å². The fourth-order valence-corrected chi connectivity index (χ4v) is 6.94. The number of ether oxygens (including phenoxy) is 2. The molecule has 2 heterocycles. The van der Waals surface area contributed by atoms with Crippen LogP contribution in [0.15, 0.2) is 103 Å². The van der Waals surface area contributed by atoms with E-state index >= 15 is 0 Å². The van der Waals surface area contributed by atoms with Crippen LogP contribution in [0.1, 0.15) is 72.4 Å². The fourth-order valence-electron chi connectivity index (χ4n) is 6.94. The molecule has 11 heteroatoms. The largest absolute Gasteiger partial charge is 0.471 e. The van der Waals surface area contributed by atoms with Crippen molar-refractivity contribution in [1.29, 1.82) is 0 Å². The molecule has 0 unspecified atom stereocenters. The number of hydrogen-bond acceptors (Lipinski definition) is 6. The Hall–Kier alpha value is -4.55. The fraction of sp³-hybridized carbons (Fsp3) is 0.366. The lowest BCUT2D eigenvalue weighted by atomic mass is 9.98. The maximum Gasteiger partial charge on any atom is 0.471 e. The summed E-state index contributed by atoms with van der Waals surface area (Å²) in [5.41, 5.74) is 6.53. The van der Waals surface area contributed by atoms with Gasteiger partial charge in [-0.1, -0.05) is 97.1 Å². The molecule has 52 heavy (non-hydrogen) atoms. The number of benzene rings is 4. The molecule has 2 N–H and O–H groups in total. The Balaban J connectivity index is 1.14. The highest BCUT2D eigenvalue weighted by molar-refractivity contribution is 5.90. The minimum absolute atomic E-state index is 0.0288. The van der Waals surface area contributed by atoms with Crippen molar-refractivity contribution in [2.45, 2.75) is 76.1 Å². The number of nitrogens with zero attached hydrogens (tertiary/aromatic N) is 2. The van der Waals surface area contributed by atoms with E-state index < -0.39 is 30.3 Å². The van der Waals surface area contributed by atoms with Crippen molar-refractivity contribution in [3.8, 4) is 11.1 Å². The molecule has 2 fully saturated rings. The quantitative estimate of drug-likeness (QED) is 0.170. The molecule has 274 valence electrons. The minimum atomic E-state index is -5.02. The van der Waals surface area contributed by atoms with Gasteiger partial charge in [-0.3, -0.25) is 14.5 Å². The minimum Gasteiger partial charge on any atom is -0.392 e. The average Bonchev–Trinajstić information content (AvgIpc) is 3.66. The highest BCUT2D eigenvalue weighted by Crippen LogP contribution is 2.39. The second-order valence-corrected chi connectivity index (χ2v) is 13.6. The third-order valence-corrected chi connectivity index (χ3v) is 10.0. The highest BCUT2D eigenvalue weighted by atomic mass is 19.4. The Morgan fingerprint density at radius 1 is 0.904 bits per heavy atom. The van der Waals surface area contributed by atoms with E-state index in [4.69, 9.17) is 9.47 Å². The van der Waals surface area contributed by atoms with Crippen LogP contribution in [0.25, 0.3) is 11.1 Å². The van der Waals surface area contributed by atoms with Crippen LogP contribution in [0.2, 0.25) is 0 Å². The number of likely N-dealkylation sites (N-methyl/N-ethyl adjacent to an activating group) is 1. The second-order valence-electron chi connectivity index (χ2n) is 13.6. The molecule has 2 aliphatic heterocycles. The van der Waals surface area contributed by atoms with Crippen LogP contribution in [0.4, 0.5) is 13.2 Å². The monoisotopic (exact) mass is 715 g/mol. The molecule has 0 bridgehead atoms. The summed E-state index contributed by atoms with van der Waals surface area (Å²) in [4.78, 5) is 27.5. The first-order valence-electron chi connectivity index (χ1n) is 17.6. The first-order chi connectivity index (χ1) is 25.0. The van der Waals surface area contributed by atoms with Gasteiger partial charge >= 0.3 is 12.1 Å². The molecule has 8 nitrogen and oxygen atoms in total. The third kappa shape index (κ3) is 8.90. The maximum absolute atomic E-state index is 13.0. The van der Waals surface area contributed by atoms with Gasteiger partial charge in [-0.2, -0.15) is 13.2 Å². The first-order valence-corrected chi connectivity index (χ1v) is 17.6. The van der Waals surface area contributed by atoms with Crippen LogP contribution >= 0.6 is 0 Å². The van der Waals surface area contributed by atoms with Gasteiger partial charge in [-0.25, -0.2) is 0 Å². The van der Waals surface area contributed by atoms with Gasteiger partial charge in [0.2, 0.25) is 5.91 Å². The number of amides is 2. The van der Waals surface area contributed by atoms with Crippen LogP contribution in [-0.2, 0) is 32.2 Å². The van der Waals surface area contributed by atoms with E-state index in [0.29, 0.717) is 24.3 Å². The zero-order chi connectivity index (χ0) is 36.8. The van der Waals surface area contributed by atoms with Gasteiger partial charge < -0.3 is 24.8 Å². The standard InChI is InChI=1S/C41H44F3N3O5/c1-27(30-9-4-3-5-10-30)46(2)25-35-23-37(32-15-13-28(26-48)14-16-32)52-39(51-35)33-19-17-31(18-20-33)34-11-6-8-29(22-34)24-45-38(49)36-12-7-21-47(36)40(50)41(42,43)44/h3-6,8-11,13-20,22,27,35-37,39,48H,7,12,21,23-26H2,1-2H3,(H,45,49)/t27-,35+,36-,37-,39-/m0/s1. The molecule has 0 aromatic heterocycles. The third-order valence-electron chi connectivity index (χ3n) is 10.0. The summed E-state index contributed by atoms with van der Waals surface area (Å²) in [6.45, 7) is 2.86. The Morgan fingerprint density at radius 3 is 2.31 bits per heavy atom. The molecule has 4 aromatic rings. The van der Waals surface area contributed by atoms with E-state index in [-0.39, 0.29) is 44.4 Å². The average molecular weight is 716 g/mol. The highest BCUT2D eigenvalue weighted by Gasteiger charge is 2.47. The summed E-state index contributed by atoms with van der Waals surface area (Å²) in [5.74, 6) is -2.58. The van der Waals surface area contributed by atoms with Crippen molar-refractivity contribution >= 4 is 11.8 Å². The van der Waals surface area contributed by atoms with Crippen molar-refractivity contribution in [2.24, 2.45) is 0 Å². The number of aliphatic hydroxyl groups is 1. The van der Waals surface area contributed by atoms with Gasteiger partial charge in [0.15, 0.2) is 6.29 Å². The molecule has 2 amide bonds. The van der Waals surface area contributed by atoms with E-state index in [0.717, 1.165) is 33.4 Å². The van der Waals surface area contributed by atoms with Crippen molar-refractivity contribution in [2.75, 3.05) is 20.1 Å². The molecule has 2 aliphatic rings. The second kappa shape index (κ2) is 16.4. The number of rotatable bonds is 11. The van der Waals surface area contributed by atoms with Crippen LogP contribution < -0.4 is 5.32 Å². The Bertz CT molecular complexity index is 1800. The molecule has 2 saturated heterocycles. The number of halogens is 3. The number of aliphatic hydroxyl groups excluding tert-OH is 1. The van der Waals surface area contributed by atoms with E-state index in [1.165, 1.54) is 5.56 Å². The van der Waals surface area contributed by atoms with Gasteiger partial charge in [0, 0.05) is 37.7 Å². The lowest BCUT2D eigenvalue weighted by molar-refractivity contribution is -0.253. The maximum atomic E-state index is 13.0. The zero-order valence-electron chi connectivity index (χ0n) is 29.3. The molecule has 5 atom stereocenters. The van der Waals surface area contributed by atoms with E-state index in [2.05, 4.69) is 36.3 Å². The molecule has 0 saturated carbocycles. The van der Waals surface area contributed by atoms with Crippen molar-refractivity contribution in [3.05, 3.63) is 131 Å². The molecule has 0 spiro atoms. The molecule has 6 rings (SSSR count). The lowest BCUT2D eigenvalue weighted by Crippen LogP contribution is -2.50. The summed E-state index contributed by atoms with van der Waals surface area (Å²) in [5, 5.41) is 12.3. The first kappa shape index (κ1) is 37.2. The molecule has 0 radical (unpaired) electrons. The lowest BCUT2D eigenvalue weighted by Gasteiger charge is -2.39. The topological polar surface area (TPSA) is 91.3 Å². The summed E-state index contributed by atoms with van der Waals surface area (Å²) < 4.78 is 52.3. The number of likely N-dealkylation sites (tertiary alicyclic amines) is 1. The van der Waals surface area contributed by atoms with E-state index in [9.17, 15) is 27.9 Å². The van der Waals surface area contributed by atoms with Crippen molar-refractivity contribution < 1.29 is 37.3 Å². The van der Waals surface area contributed by atoms with Gasteiger partial charge in [0.05, 0.1) is 18.8 Å². The number of hydrogen-bond donors (Lipinski definition) is 2. The van der Waals surface area contributed by atoms with Gasteiger partial charge in [-0.15, -0.1) is 0 Å².